The number of carbonyl (C=O) groups is 1. The fourth-order valence-electron chi connectivity index (χ4n) is 3.63. The summed E-state index contributed by atoms with van der Waals surface area (Å²) in [6.45, 7) is 6.68. The lowest BCUT2D eigenvalue weighted by atomic mass is 10.1. The largest absolute Gasteiger partial charge is 0.497 e. The standard InChI is InChI=1S/C23H31N3O3/c1-25(16-21-4-3-5-22(14-21)28-2)18-23(27)24-15-19-6-8-20(9-7-19)17-26-10-12-29-13-11-26/h3-9,14H,10-13,15-18H2,1-2H3,(H,24,27)/p+2. The molecule has 6 heteroatoms. The van der Waals surface area contributed by atoms with Crippen molar-refractivity contribution in [3.05, 3.63) is 65.2 Å². The van der Waals surface area contributed by atoms with Crippen LogP contribution >= 0.6 is 0 Å². The SMILES string of the molecule is COc1cccc(C[NH+](C)CC(=O)NCc2ccc(C[NH+]3CCOCC3)cc2)c1. The molecule has 156 valence electrons. The second-order valence-electron chi connectivity index (χ2n) is 7.79. The molecule has 0 aromatic heterocycles. The van der Waals surface area contributed by atoms with Gasteiger partial charge in [0.05, 0.1) is 27.4 Å². The molecule has 1 aliphatic heterocycles. The van der Waals surface area contributed by atoms with Crippen molar-refractivity contribution in [2.24, 2.45) is 0 Å². The summed E-state index contributed by atoms with van der Waals surface area (Å²) in [5, 5.41) is 3.03. The van der Waals surface area contributed by atoms with Crippen LogP contribution in [0.25, 0.3) is 0 Å². The fourth-order valence-corrected chi connectivity index (χ4v) is 3.63. The normalized spacial score (nSPS) is 15.7. The molecule has 1 unspecified atom stereocenters. The van der Waals surface area contributed by atoms with Crippen molar-refractivity contribution < 1.29 is 24.1 Å². The van der Waals surface area contributed by atoms with E-state index in [-0.39, 0.29) is 5.91 Å². The Morgan fingerprint density at radius 3 is 2.55 bits per heavy atom. The van der Waals surface area contributed by atoms with Crippen molar-refractivity contribution in [3.8, 4) is 5.75 Å². The molecule has 3 N–H and O–H groups in total. The number of hydrogen-bond acceptors (Lipinski definition) is 3. The lowest BCUT2D eigenvalue weighted by Crippen LogP contribution is -3.12. The molecule has 2 aromatic carbocycles. The number of morpholine rings is 1. The van der Waals surface area contributed by atoms with E-state index in [1.165, 1.54) is 5.56 Å². The van der Waals surface area contributed by atoms with Crippen molar-refractivity contribution >= 4 is 5.91 Å². The van der Waals surface area contributed by atoms with Crippen LogP contribution in [-0.4, -0.2) is 52.9 Å². The minimum atomic E-state index is 0.0623. The molecule has 1 heterocycles. The quantitative estimate of drug-likeness (QED) is 0.530. The second-order valence-corrected chi connectivity index (χ2v) is 7.79. The van der Waals surface area contributed by atoms with Crippen LogP contribution in [0.15, 0.2) is 48.5 Å². The third-order valence-corrected chi connectivity index (χ3v) is 5.27. The maximum atomic E-state index is 12.3. The Kier molecular flexibility index (Phi) is 8.04. The summed E-state index contributed by atoms with van der Waals surface area (Å²) in [6.07, 6.45) is 0. The Morgan fingerprint density at radius 1 is 1.10 bits per heavy atom. The monoisotopic (exact) mass is 399 g/mol. The first-order valence-electron chi connectivity index (χ1n) is 10.3. The van der Waals surface area contributed by atoms with Gasteiger partial charge >= 0.3 is 0 Å². The Labute approximate surface area is 173 Å². The molecule has 1 aliphatic rings. The van der Waals surface area contributed by atoms with Gasteiger partial charge in [0, 0.05) is 17.7 Å². The van der Waals surface area contributed by atoms with E-state index in [2.05, 4.69) is 35.6 Å². The molecular weight excluding hydrogens is 366 g/mol. The highest BCUT2D eigenvalue weighted by molar-refractivity contribution is 5.76. The first-order chi connectivity index (χ1) is 14.1. The summed E-state index contributed by atoms with van der Waals surface area (Å²) in [6, 6.07) is 16.6. The molecule has 0 radical (unpaired) electrons. The van der Waals surface area contributed by atoms with Crippen molar-refractivity contribution in [1.29, 1.82) is 0 Å². The van der Waals surface area contributed by atoms with E-state index in [0.717, 1.165) is 61.2 Å². The smallest absolute Gasteiger partial charge is 0.275 e. The number of rotatable bonds is 9. The zero-order valence-electron chi connectivity index (χ0n) is 17.5. The Morgan fingerprint density at radius 2 is 1.83 bits per heavy atom. The molecule has 1 fully saturated rings. The predicted molar refractivity (Wildman–Crippen MR) is 112 cm³/mol. The van der Waals surface area contributed by atoms with Crippen LogP contribution < -0.4 is 19.9 Å². The number of quaternary nitrogens is 2. The van der Waals surface area contributed by atoms with Gasteiger partial charge in [-0.25, -0.2) is 0 Å². The third kappa shape index (κ3) is 7.16. The predicted octanol–water partition coefficient (Wildman–Crippen LogP) is -0.559. The van der Waals surface area contributed by atoms with Crippen molar-refractivity contribution in [1.82, 2.24) is 5.32 Å². The number of ether oxygens (including phenoxy) is 2. The van der Waals surface area contributed by atoms with Crippen molar-refractivity contribution in [2.75, 3.05) is 47.0 Å². The summed E-state index contributed by atoms with van der Waals surface area (Å²) in [5.74, 6) is 0.908. The average Bonchev–Trinajstić information content (AvgIpc) is 2.74. The van der Waals surface area contributed by atoms with Gasteiger partial charge in [0.25, 0.3) is 5.91 Å². The van der Waals surface area contributed by atoms with E-state index in [1.54, 1.807) is 12.0 Å². The maximum Gasteiger partial charge on any atom is 0.275 e. The number of likely N-dealkylation sites (N-methyl/N-ethyl adjacent to an activating group) is 1. The number of nitrogens with one attached hydrogen (secondary N) is 3. The van der Waals surface area contributed by atoms with E-state index in [1.807, 2.05) is 25.2 Å². The summed E-state index contributed by atoms with van der Waals surface area (Å²) in [5.41, 5.74) is 3.62. The van der Waals surface area contributed by atoms with Gasteiger partial charge in [-0.3, -0.25) is 4.79 Å². The van der Waals surface area contributed by atoms with E-state index in [4.69, 9.17) is 9.47 Å². The molecule has 0 bridgehead atoms. The second kappa shape index (κ2) is 11.0. The Bertz CT molecular complexity index is 773. The highest BCUT2D eigenvalue weighted by Gasteiger charge is 2.14. The van der Waals surface area contributed by atoms with E-state index >= 15 is 0 Å². The Balaban J connectivity index is 1.40. The average molecular weight is 400 g/mol. The van der Waals surface area contributed by atoms with Crippen LogP contribution in [0.1, 0.15) is 16.7 Å². The molecule has 2 aromatic rings. The topological polar surface area (TPSA) is 56.4 Å². The number of carbonyl (C=O) groups excluding carboxylic acids is 1. The minimum Gasteiger partial charge on any atom is -0.497 e. The van der Waals surface area contributed by atoms with Crippen LogP contribution in [0.4, 0.5) is 0 Å². The number of methoxy groups -OCH3 is 1. The van der Waals surface area contributed by atoms with Gasteiger partial charge in [0.1, 0.15) is 31.9 Å². The van der Waals surface area contributed by atoms with Gasteiger partial charge in [0.15, 0.2) is 6.54 Å². The molecule has 1 saturated heterocycles. The zero-order valence-corrected chi connectivity index (χ0v) is 17.5. The molecule has 0 aliphatic carbocycles. The molecule has 29 heavy (non-hydrogen) atoms. The van der Waals surface area contributed by atoms with Gasteiger partial charge in [-0.05, 0) is 17.7 Å². The van der Waals surface area contributed by atoms with Crippen LogP contribution in [0, 0.1) is 0 Å². The molecular formula is C23H33N3O3+2. The number of amides is 1. The molecule has 6 nitrogen and oxygen atoms in total. The van der Waals surface area contributed by atoms with Gasteiger partial charge in [-0.2, -0.15) is 0 Å². The summed E-state index contributed by atoms with van der Waals surface area (Å²) >= 11 is 0. The third-order valence-electron chi connectivity index (χ3n) is 5.27. The number of hydrogen-bond donors (Lipinski definition) is 3. The molecule has 1 amide bonds. The zero-order chi connectivity index (χ0) is 20.5. The van der Waals surface area contributed by atoms with Crippen LogP contribution in [0.3, 0.4) is 0 Å². The van der Waals surface area contributed by atoms with Crippen molar-refractivity contribution in [2.45, 2.75) is 19.6 Å². The van der Waals surface area contributed by atoms with Gasteiger partial charge in [0.2, 0.25) is 0 Å². The molecule has 0 spiro atoms. The number of benzene rings is 2. The highest BCUT2D eigenvalue weighted by Crippen LogP contribution is 2.11. The fraction of sp³-hybridized carbons (Fsp3) is 0.435. The highest BCUT2D eigenvalue weighted by atomic mass is 16.5. The Hall–Kier alpha value is -2.41. The summed E-state index contributed by atoms with van der Waals surface area (Å²) in [7, 11) is 3.70. The van der Waals surface area contributed by atoms with Crippen LogP contribution in [0.5, 0.6) is 5.75 Å². The minimum absolute atomic E-state index is 0.0623. The molecule has 0 saturated carbocycles. The lowest BCUT2D eigenvalue weighted by Gasteiger charge is -2.23. The lowest BCUT2D eigenvalue weighted by molar-refractivity contribution is -0.921. The molecule has 1 atom stereocenters. The van der Waals surface area contributed by atoms with Crippen LogP contribution in [0.2, 0.25) is 0 Å². The first kappa shape index (κ1) is 21.3. The van der Waals surface area contributed by atoms with Crippen molar-refractivity contribution in [3.63, 3.8) is 0 Å². The van der Waals surface area contributed by atoms with Gasteiger partial charge in [-0.1, -0.05) is 36.4 Å². The van der Waals surface area contributed by atoms with E-state index in [9.17, 15) is 4.79 Å². The first-order valence-corrected chi connectivity index (χ1v) is 10.3. The van der Waals surface area contributed by atoms with E-state index < -0.39 is 0 Å². The summed E-state index contributed by atoms with van der Waals surface area (Å²) in [4.78, 5) is 15.0. The van der Waals surface area contributed by atoms with Crippen LogP contribution in [-0.2, 0) is 29.2 Å². The molecule has 3 rings (SSSR count). The van der Waals surface area contributed by atoms with E-state index in [0.29, 0.717) is 13.1 Å². The van der Waals surface area contributed by atoms with Gasteiger partial charge in [-0.15, -0.1) is 0 Å². The maximum absolute atomic E-state index is 12.3. The summed E-state index contributed by atoms with van der Waals surface area (Å²) < 4.78 is 10.7. The van der Waals surface area contributed by atoms with Gasteiger partial charge < -0.3 is 24.6 Å².